The maximum absolute atomic E-state index is 9.48. The lowest BCUT2D eigenvalue weighted by Crippen LogP contribution is -2.47. The van der Waals surface area contributed by atoms with E-state index < -0.39 is 0 Å². The molecule has 0 unspecified atom stereocenters. The van der Waals surface area contributed by atoms with Gasteiger partial charge in [-0.3, -0.25) is 0 Å². The minimum Gasteiger partial charge on any atom is -0.392 e. The zero-order chi connectivity index (χ0) is 15.4. The van der Waals surface area contributed by atoms with Gasteiger partial charge in [-0.15, -0.1) is 0 Å². The van der Waals surface area contributed by atoms with Crippen molar-refractivity contribution in [3.05, 3.63) is 59.7 Å². The van der Waals surface area contributed by atoms with E-state index in [-0.39, 0.29) is 13.2 Å². The molecule has 0 amide bonds. The zero-order valence-corrected chi connectivity index (χ0v) is 12.7. The Morgan fingerprint density at radius 3 is 1.36 bits per heavy atom. The maximum Gasteiger partial charge on any atom is 0.0702 e. The minimum absolute atomic E-state index is 0.0731. The largest absolute Gasteiger partial charge is 0.392 e. The lowest BCUT2D eigenvalue weighted by atomic mass is 10.1. The van der Waals surface area contributed by atoms with E-state index in [1.807, 2.05) is 36.4 Å². The van der Waals surface area contributed by atoms with Gasteiger partial charge in [-0.1, -0.05) is 36.4 Å². The van der Waals surface area contributed by atoms with Gasteiger partial charge in [0.25, 0.3) is 0 Å². The smallest absolute Gasteiger partial charge is 0.0702 e. The van der Waals surface area contributed by atoms with E-state index in [1.54, 1.807) is 0 Å². The third-order valence-electron chi connectivity index (χ3n) is 4.28. The summed E-state index contributed by atoms with van der Waals surface area (Å²) in [5, 5.41) is 19.0. The molecule has 22 heavy (non-hydrogen) atoms. The molecule has 0 bridgehead atoms. The molecule has 116 valence electrons. The summed E-state index contributed by atoms with van der Waals surface area (Å²) in [6.45, 7) is 3.80. The molecule has 1 fully saturated rings. The van der Waals surface area contributed by atoms with Crippen molar-refractivity contribution in [1.29, 1.82) is 0 Å². The lowest BCUT2D eigenvalue weighted by molar-refractivity contribution is 0.281. The third-order valence-corrected chi connectivity index (χ3v) is 4.28. The molecule has 4 nitrogen and oxygen atoms in total. The average Bonchev–Trinajstić information content (AvgIpc) is 2.62. The summed E-state index contributed by atoms with van der Waals surface area (Å²) < 4.78 is 0. The molecule has 3 rings (SSSR count). The summed E-state index contributed by atoms with van der Waals surface area (Å²) in [5.41, 5.74) is 4.21. The number of anilines is 2. The monoisotopic (exact) mass is 298 g/mol. The van der Waals surface area contributed by atoms with Gasteiger partial charge in [0, 0.05) is 48.7 Å². The second-order valence-electron chi connectivity index (χ2n) is 5.55. The van der Waals surface area contributed by atoms with Crippen LogP contribution in [0.3, 0.4) is 0 Å². The molecule has 1 heterocycles. The minimum atomic E-state index is 0.0731. The number of nitrogens with zero attached hydrogens (tertiary/aromatic N) is 2. The second-order valence-corrected chi connectivity index (χ2v) is 5.55. The molecule has 0 spiro atoms. The maximum atomic E-state index is 9.48. The number of hydrogen-bond acceptors (Lipinski definition) is 4. The first-order chi connectivity index (χ1) is 10.8. The predicted octanol–water partition coefficient (Wildman–Crippen LogP) is 2.00. The predicted molar refractivity (Wildman–Crippen MR) is 89.2 cm³/mol. The van der Waals surface area contributed by atoms with Crippen LogP contribution in [0.15, 0.2) is 48.5 Å². The fourth-order valence-corrected chi connectivity index (χ4v) is 3.09. The Kier molecular flexibility index (Phi) is 4.61. The molecule has 0 aliphatic carbocycles. The number of rotatable bonds is 4. The van der Waals surface area contributed by atoms with Crippen LogP contribution in [0.25, 0.3) is 0 Å². The van der Waals surface area contributed by atoms with Crippen LogP contribution in [0.1, 0.15) is 11.1 Å². The Labute approximate surface area is 131 Å². The summed E-state index contributed by atoms with van der Waals surface area (Å²) >= 11 is 0. The molecule has 0 atom stereocenters. The fraction of sp³-hybridized carbons (Fsp3) is 0.333. The van der Waals surface area contributed by atoms with E-state index in [0.717, 1.165) is 48.7 Å². The highest BCUT2D eigenvalue weighted by Crippen LogP contribution is 2.25. The lowest BCUT2D eigenvalue weighted by Gasteiger charge is -2.38. The fourth-order valence-electron chi connectivity index (χ4n) is 3.09. The Hall–Kier alpha value is -2.04. The van der Waals surface area contributed by atoms with E-state index in [1.165, 1.54) is 0 Å². The number of benzene rings is 2. The van der Waals surface area contributed by atoms with Crippen molar-refractivity contribution in [2.24, 2.45) is 0 Å². The highest BCUT2D eigenvalue weighted by atomic mass is 16.3. The van der Waals surface area contributed by atoms with Crippen LogP contribution in [0, 0.1) is 0 Å². The number of hydrogen-bond donors (Lipinski definition) is 2. The highest BCUT2D eigenvalue weighted by Gasteiger charge is 2.20. The number of aliphatic hydroxyl groups excluding tert-OH is 2. The van der Waals surface area contributed by atoms with Gasteiger partial charge < -0.3 is 20.0 Å². The van der Waals surface area contributed by atoms with E-state index in [9.17, 15) is 10.2 Å². The third kappa shape index (κ3) is 2.93. The molecule has 1 aliphatic heterocycles. The van der Waals surface area contributed by atoms with Crippen LogP contribution in [0.4, 0.5) is 11.4 Å². The van der Waals surface area contributed by atoms with Gasteiger partial charge in [0.2, 0.25) is 0 Å². The van der Waals surface area contributed by atoms with Crippen LogP contribution in [-0.4, -0.2) is 36.4 Å². The van der Waals surface area contributed by atoms with Crippen LogP contribution >= 0.6 is 0 Å². The number of para-hydroxylation sites is 2. The van der Waals surface area contributed by atoms with Crippen molar-refractivity contribution in [1.82, 2.24) is 0 Å². The van der Waals surface area contributed by atoms with Crippen molar-refractivity contribution in [3.63, 3.8) is 0 Å². The van der Waals surface area contributed by atoms with E-state index >= 15 is 0 Å². The summed E-state index contributed by atoms with van der Waals surface area (Å²) in [6, 6.07) is 16.0. The normalized spacial score (nSPS) is 15.2. The van der Waals surface area contributed by atoms with Crippen molar-refractivity contribution in [2.75, 3.05) is 36.0 Å². The standard InChI is InChI=1S/C18H22N2O2/c21-13-15-5-1-3-7-17(15)19-9-11-20(12-10-19)18-8-4-2-6-16(18)14-22/h1-8,21-22H,9-14H2. The summed E-state index contributed by atoms with van der Waals surface area (Å²) in [6.07, 6.45) is 0. The second kappa shape index (κ2) is 6.81. The summed E-state index contributed by atoms with van der Waals surface area (Å²) in [4.78, 5) is 4.65. The van der Waals surface area contributed by atoms with E-state index in [0.29, 0.717) is 0 Å². The highest BCUT2D eigenvalue weighted by molar-refractivity contribution is 5.58. The van der Waals surface area contributed by atoms with Gasteiger partial charge >= 0.3 is 0 Å². The van der Waals surface area contributed by atoms with Gasteiger partial charge in [-0.25, -0.2) is 0 Å². The molecule has 2 aromatic carbocycles. The average molecular weight is 298 g/mol. The molecule has 1 aliphatic rings. The molecule has 2 aromatic rings. The first kappa shape index (κ1) is 14.9. The first-order valence-corrected chi connectivity index (χ1v) is 7.71. The van der Waals surface area contributed by atoms with Gasteiger partial charge in [0.15, 0.2) is 0 Å². The van der Waals surface area contributed by atoms with Crippen molar-refractivity contribution < 1.29 is 10.2 Å². The summed E-state index contributed by atoms with van der Waals surface area (Å²) in [5.74, 6) is 0. The topological polar surface area (TPSA) is 46.9 Å². The van der Waals surface area contributed by atoms with Gasteiger partial charge in [-0.2, -0.15) is 0 Å². The van der Waals surface area contributed by atoms with E-state index in [2.05, 4.69) is 21.9 Å². The quantitative estimate of drug-likeness (QED) is 0.906. The van der Waals surface area contributed by atoms with Crippen LogP contribution in [-0.2, 0) is 13.2 Å². The van der Waals surface area contributed by atoms with E-state index in [4.69, 9.17) is 0 Å². The molecular weight excluding hydrogens is 276 g/mol. The SMILES string of the molecule is OCc1ccccc1N1CCN(c2ccccc2CO)CC1. The first-order valence-electron chi connectivity index (χ1n) is 7.71. The molecule has 2 N–H and O–H groups in total. The van der Waals surface area contributed by atoms with Gasteiger partial charge in [0.1, 0.15) is 0 Å². The van der Waals surface area contributed by atoms with Crippen molar-refractivity contribution in [2.45, 2.75) is 13.2 Å². The van der Waals surface area contributed by atoms with Crippen LogP contribution in [0.5, 0.6) is 0 Å². The molecule has 1 saturated heterocycles. The molecule has 0 aromatic heterocycles. The number of aliphatic hydroxyl groups is 2. The summed E-state index contributed by atoms with van der Waals surface area (Å²) in [7, 11) is 0. The van der Waals surface area contributed by atoms with Gasteiger partial charge in [-0.05, 0) is 12.1 Å². The van der Waals surface area contributed by atoms with Crippen LogP contribution in [0.2, 0.25) is 0 Å². The van der Waals surface area contributed by atoms with Gasteiger partial charge in [0.05, 0.1) is 13.2 Å². The number of piperazine rings is 1. The Morgan fingerprint density at radius 1 is 0.636 bits per heavy atom. The molecule has 0 saturated carbocycles. The van der Waals surface area contributed by atoms with Crippen molar-refractivity contribution in [3.8, 4) is 0 Å². The Balaban J connectivity index is 1.73. The molecular formula is C18H22N2O2. The van der Waals surface area contributed by atoms with Crippen LogP contribution < -0.4 is 9.80 Å². The Bertz CT molecular complexity index is 566. The molecule has 0 radical (unpaired) electrons. The zero-order valence-electron chi connectivity index (χ0n) is 12.7. The van der Waals surface area contributed by atoms with Crippen molar-refractivity contribution >= 4 is 11.4 Å². The Morgan fingerprint density at radius 2 is 1.00 bits per heavy atom. The molecule has 4 heteroatoms.